The summed E-state index contributed by atoms with van der Waals surface area (Å²) >= 11 is 0. The number of aromatic nitrogens is 2. The van der Waals surface area contributed by atoms with E-state index in [1.807, 2.05) is 18.2 Å². The molecule has 0 amide bonds. The van der Waals surface area contributed by atoms with Crippen molar-refractivity contribution in [3.63, 3.8) is 0 Å². The van der Waals surface area contributed by atoms with E-state index in [0.717, 1.165) is 23.0 Å². The zero-order valence-electron chi connectivity index (χ0n) is 10.7. The Kier molecular flexibility index (Phi) is 3.29. The van der Waals surface area contributed by atoms with Crippen LogP contribution in [0.1, 0.15) is 6.42 Å². The summed E-state index contributed by atoms with van der Waals surface area (Å²) in [7, 11) is 0. The predicted octanol–water partition coefficient (Wildman–Crippen LogP) is 2.61. The highest BCUT2D eigenvalue weighted by atomic mass is 19.4. The molecule has 0 saturated carbocycles. The van der Waals surface area contributed by atoms with Crippen molar-refractivity contribution in [2.24, 2.45) is 0 Å². The van der Waals surface area contributed by atoms with Gasteiger partial charge in [0.05, 0.1) is 18.3 Å². The number of likely N-dealkylation sites (tertiary alicyclic amines) is 1. The minimum absolute atomic E-state index is 0.0571. The smallest absolute Gasteiger partial charge is 0.381 e. The van der Waals surface area contributed by atoms with Gasteiger partial charge in [0.15, 0.2) is 0 Å². The fourth-order valence-electron chi connectivity index (χ4n) is 2.62. The van der Waals surface area contributed by atoms with Crippen LogP contribution in [0.2, 0.25) is 0 Å². The Balaban J connectivity index is 1.61. The molecule has 108 valence electrons. The first-order valence-corrected chi connectivity index (χ1v) is 6.48. The number of benzene rings is 1. The summed E-state index contributed by atoms with van der Waals surface area (Å²) in [6.07, 6.45) is -1.67. The molecule has 1 fully saturated rings. The van der Waals surface area contributed by atoms with E-state index in [1.165, 1.54) is 4.90 Å². The maximum atomic E-state index is 12.3. The van der Waals surface area contributed by atoms with Crippen LogP contribution in [0.3, 0.4) is 0 Å². The lowest BCUT2D eigenvalue weighted by Crippen LogP contribution is -2.34. The molecule has 1 aromatic heterocycles. The summed E-state index contributed by atoms with van der Waals surface area (Å²) < 4.78 is 37.0. The third kappa shape index (κ3) is 3.04. The Labute approximate surface area is 114 Å². The van der Waals surface area contributed by atoms with Crippen molar-refractivity contribution in [3.05, 3.63) is 24.4 Å². The molecule has 1 aliphatic heterocycles. The number of aromatic amines is 1. The van der Waals surface area contributed by atoms with Crippen molar-refractivity contribution in [1.29, 1.82) is 0 Å². The van der Waals surface area contributed by atoms with Gasteiger partial charge in [-0.25, -0.2) is 0 Å². The molecular weight excluding hydrogens is 269 g/mol. The second-order valence-corrected chi connectivity index (χ2v) is 5.15. The Morgan fingerprint density at radius 3 is 3.05 bits per heavy atom. The highest BCUT2D eigenvalue weighted by Gasteiger charge is 2.34. The topological polar surface area (TPSA) is 44.0 Å². The molecule has 1 atom stereocenters. The van der Waals surface area contributed by atoms with Crippen molar-refractivity contribution in [2.45, 2.75) is 18.6 Å². The van der Waals surface area contributed by atoms with Crippen molar-refractivity contribution in [2.75, 3.05) is 25.0 Å². The fraction of sp³-hybridized carbons (Fsp3) is 0.462. The number of alkyl halides is 3. The molecule has 4 nitrogen and oxygen atoms in total. The van der Waals surface area contributed by atoms with E-state index in [4.69, 9.17) is 0 Å². The molecule has 2 heterocycles. The minimum Gasteiger partial charge on any atom is -0.381 e. The third-order valence-corrected chi connectivity index (χ3v) is 3.49. The molecule has 2 aromatic rings. The summed E-state index contributed by atoms with van der Waals surface area (Å²) in [5, 5.41) is 11.1. The second kappa shape index (κ2) is 4.97. The molecule has 0 aliphatic carbocycles. The summed E-state index contributed by atoms with van der Waals surface area (Å²) in [6, 6.07) is 5.83. The van der Waals surface area contributed by atoms with E-state index in [0.29, 0.717) is 13.1 Å². The normalized spacial score (nSPS) is 20.6. The largest absolute Gasteiger partial charge is 0.401 e. The van der Waals surface area contributed by atoms with Gasteiger partial charge in [-0.3, -0.25) is 10.00 Å². The average molecular weight is 284 g/mol. The van der Waals surface area contributed by atoms with Gasteiger partial charge in [0.1, 0.15) is 0 Å². The number of halogens is 3. The number of nitrogens with zero attached hydrogens (tertiary/aromatic N) is 2. The molecular formula is C13H15F3N4. The van der Waals surface area contributed by atoms with Crippen LogP contribution in [-0.2, 0) is 0 Å². The van der Waals surface area contributed by atoms with E-state index >= 15 is 0 Å². The standard InChI is InChI=1S/C13H15F3N4/c14-13(15,16)8-20-4-3-11(7-20)18-10-1-2-12-9(5-10)6-17-19-12/h1-2,5-6,11,18H,3-4,7-8H2,(H,17,19). The van der Waals surface area contributed by atoms with Crippen molar-refractivity contribution in [3.8, 4) is 0 Å². The molecule has 1 aromatic carbocycles. The van der Waals surface area contributed by atoms with Gasteiger partial charge in [0.2, 0.25) is 0 Å². The lowest BCUT2D eigenvalue weighted by Gasteiger charge is -2.18. The molecule has 0 radical (unpaired) electrons. The number of fused-ring (bicyclic) bond motifs is 1. The summed E-state index contributed by atoms with van der Waals surface area (Å²) in [6.45, 7) is 0.0695. The lowest BCUT2D eigenvalue weighted by atomic mass is 10.2. The first-order valence-electron chi connectivity index (χ1n) is 6.48. The molecule has 20 heavy (non-hydrogen) atoms. The number of rotatable bonds is 3. The zero-order valence-corrected chi connectivity index (χ0v) is 10.7. The molecule has 1 unspecified atom stereocenters. The fourth-order valence-corrected chi connectivity index (χ4v) is 2.62. The third-order valence-electron chi connectivity index (χ3n) is 3.49. The number of H-pyrrole nitrogens is 1. The van der Waals surface area contributed by atoms with Gasteiger partial charge in [0, 0.05) is 30.2 Å². The van der Waals surface area contributed by atoms with Crippen LogP contribution in [0, 0.1) is 0 Å². The summed E-state index contributed by atoms with van der Waals surface area (Å²) in [5.74, 6) is 0. The Hall–Kier alpha value is -1.76. The van der Waals surface area contributed by atoms with Gasteiger partial charge in [0.25, 0.3) is 0 Å². The van der Waals surface area contributed by atoms with Gasteiger partial charge in [-0.15, -0.1) is 0 Å². The average Bonchev–Trinajstić information content (AvgIpc) is 2.96. The number of nitrogens with one attached hydrogen (secondary N) is 2. The first-order chi connectivity index (χ1) is 9.49. The number of hydrogen-bond donors (Lipinski definition) is 2. The first kappa shape index (κ1) is 13.2. The van der Waals surface area contributed by atoms with E-state index in [-0.39, 0.29) is 6.04 Å². The van der Waals surface area contributed by atoms with Gasteiger partial charge < -0.3 is 5.32 Å². The minimum atomic E-state index is -4.12. The Morgan fingerprint density at radius 1 is 1.40 bits per heavy atom. The quantitative estimate of drug-likeness (QED) is 0.910. The molecule has 1 aliphatic rings. The van der Waals surface area contributed by atoms with Gasteiger partial charge in [-0.1, -0.05) is 0 Å². The molecule has 3 rings (SSSR count). The van der Waals surface area contributed by atoms with E-state index < -0.39 is 12.7 Å². The maximum absolute atomic E-state index is 12.3. The maximum Gasteiger partial charge on any atom is 0.401 e. The molecule has 7 heteroatoms. The van der Waals surface area contributed by atoms with Crippen LogP contribution in [-0.4, -0.2) is 46.9 Å². The monoisotopic (exact) mass is 284 g/mol. The van der Waals surface area contributed by atoms with Crippen LogP contribution in [0.5, 0.6) is 0 Å². The van der Waals surface area contributed by atoms with E-state index in [9.17, 15) is 13.2 Å². The Bertz CT molecular complexity index is 593. The highest BCUT2D eigenvalue weighted by Crippen LogP contribution is 2.23. The zero-order chi connectivity index (χ0) is 14.2. The summed E-state index contributed by atoms with van der Waals surface area (Å²) in [4.78, 5) is 1.44. The molecule has 2 N–H and O–H groups in total. The van der Waals surface area contributed by atoms with Crippen LogP contribution in [0.25, 0.3) is 10.9 Å². The van der Waals surface area contributed by atoms with E-state index in [1.54, 1.807) is 6.20 Å². The SMILES string of the molecule is FC(F)(F)CN1CCC(Nc2ccc3[nH]ncc3c2)C1. The summed E-state index contributed by atoms with van der Waals surface area (Å²) in [5.41, 5.74) is 1.86. The molecule has 0 spiro atoms. The molecule has 1 saturated heterocycles. The van der Waals surface area contributed by atoms with Gasteiger partial charge in [-0.2, -0.15) is 18.3 Å². The van der Waals surface area contributed by atoms with Crippen molar-refractivity contribution < 1.29 is 13.2 Å². The highest BCUT2D eigenvalue weighted by molar-refractivity contribution is 5.81. The second-order valence-electron chi connectivity index (χ2n) is 5.15. The van der Waals surface area contributed by atoms with Gasteiger partial charge in [-0.05, 0) is 24.6 Å². The van der Waals surface area contributed by atoms with Crippen LogP contribution in [0.15, 0.2) is 24.4 Å². The van der Waals surface area contributed by atoms with Crippen LogP contribution in [0.4, 0.5) is 18.9 Å². The van der Waals surface area contributed by atoms with Crippen molar-refractivity contribution in [1.82, 2.24) is 15.1 Å². The Morgan fingerprint density at radius 2 is 2.25 bits per heavy atom. The van der Waals surface area contributed by atoms with Crippen LogP contribution < -0.4 is 5.32 Å². The predicted molar refractivity (Wildman–Crippen MR) is 70.6 cm³/mol. The van der Waals surface area contributed by atoms with Crippen LogP contribution >= 0.6 is 0 Å². The number of hydrogen-bond acceptors (Lipinski definition) is 3. The van der Waals surface area contributed by atoms with Gasteiger partial charge >= 0.3 is 6.18 Å². The van der Waals surface area contributed by atoms with E-state index in [2.05, 4.69) is 15.5 Å². The number of anilines is 1. The van der Waals surface area contributed by atoms with Crippen molar-refractivity contribution >= 4 is 16.6 Å². The lowest BCUT2D eigenvalue weighted by molar-refractivity contribution is -0.143. The molecule has 0 bridgehead atoms.